The molecule has 1 aliphatic rings. The van der Waals surface area contributed by atoms with Crippen molar-refractivity contribution in [2.75, 3.05) is 18.4 Å². The lowest BCUT2D eigenvalue weighted by atomic mass is 9.96. The molecule has 138 valence electrons. The van der Waals surface area contributed by atoms with Crippen molar-refractivity contribution in [3.8, 4) is 11.1 Å². The van der Waals surface area contributed by atoms with Crippen LogP contribution in [-0.2, 0) is 0 Å². The lowest BCUT2D eigenvalue weighted by Crippen LogP contribution is -2.40. The highest BCUT2D eigenvalue weighted by molar-refractivity contribution is 5.90. The number of aryl methyl sites for hydroxylation is 1. The molecule has 1 saturated heterocycles. The highest BCUT2D eigenvalue weighted by Gasteiger charge is 2.26. The zero-order valence-corrected chi connectivity index (χ0v) is 15.1. The number of anilines is 1. The van der Waals surface area contributed by atoms with Gasteiger partial charge in [-0.15, -0.1) is 0 Å². The van der Waals surface area contributed by atoms with Gasteiger partial charge in [-0.25, -0.2) is 4.79 Å². The molecular weight excluding hydrogens is 342 g/mol. The Labute approximate surface area is 157 Å². The number of aromatic nitrogens is 3. The van der Waals surface area contributed by atoms with Gasteiger partial charge >= 0.3 is 6.03 Å². The van der Waals surface area contributed by atoms with Crippen LogP contribution in [0.3, 0.4) is 0 Å². The summed E-state index contributed by atoms with van der Waals surface area (Å²) in [5, 5.41) is 7.00. The monoisotopic (exact) mass is 363 g/mol. The van der Waals surface area contributed by atoms with Crippen LogP contribution in [0.15, 0.2) is 53.3 Å². The van der Waals surface area contributed by atoms with Crippen LogP contribution in [0.2, 0.25) is 0 Å². The van der Waals surface area contributed by atoms with Crippen molar-refractivity contribution in [3.63, 3.8) is 0 Å². The molecule has 3 aromatic rings. The van der Waals surface area contributed by atoms with Gasteiger partial charge in [0.05, 0.1) is 0 Å². The van der Waals surface area contributed by atoms with E-state index in [0.717, 1.165) is 35.5 Å². The molecular formula is C20H21N5O2. The van der Waals surface area contributed by atoms with Crippen molar-refractivity contribution in [2.24, 2.45) is 0 Å². The zero-order valence-electron chi connectivity index (χ0n) is 15.1. The maximum atomic E-state index is 12.6. The van der Waals surface area contributed by atoms with Crippen LogP contribution in [0.25, 0.3) is 11.1 Å². The Hall–Kier alpha value is -3.22. The molecule has 0 aliphatic carbocycles. The normalized spacial score (nSPS) is 14.9. The molecule has 0 atom stereocenters. The minimum Gasteiger partial charge on any atom is -0.340 e. The van der Waals surface area contributed by atoms with Gasteiger partial charge in [0.15, 0.2) is 5.82 Å². The molecule has 1 fully saturated rings. The summed E-state index contributed by atoms with van der Waals surface area (Å²) in [6.45, 7) is 3.14. The van der Waals surface area contributed by atoms with Gasteiger partial charge in [-0.05, 0) is 36.6 Å². The van der Waals surface area contributed by atoms with E-state index in [1.165, 1.54) is 0 Å². The summed E-state index contributed by atoms with van der Waals surface area (Å²) in [6.07, 6.45) is 5.23. The van der Waals surface area contributed by atoms with Crippen molar-refractivity contribution in [3.05, 3.63) is 60.5 Å². The van der Waals surface area contributed by atoms with Gasteiger partial charge in [-0.2, -0.15) is 4.98 Å². The lowest BCUT2D eigenvalue weighted by Gasteiger charge is -2.30. The van der Waals surface area contributed by atoms with Gasteiger partial charge in [0.25, 0.3) is 0 Å². The van der Waals surface area contributed by atoms with E-state index in [1.807, 2.05) is 47.5 Å². The molecule has 1 aromatic carbocycles. The zero-order chi connectivity index (χ0) is 18.6. The standard InChI is InChI=1S/C20H21N5O2/c1-14-22-19(24-27-14)15-7-10-25(11-8-15)20(26)23-18-6-2-4-16(12-18)17-5-3-9-21-13-17/h2-6,9,12-13,15H,7-8,10-11H2,1H3,(H,23,26). The lowest BCUT2D eigenvalue weighted by molar-refractivity contribution is 0.193. The SMILES string of the molecule is Cc1nc(C2CCN(C(=O)Nc3cccc(-c4cccnc4)c3)CC2)no1. The molecule has 0 unspecified atom stereocenters. The fourth-order valence-corrected chi connectivity index (χ4v) is 3.33. The Balaban J connectivity index is 1.37. The molecule has 0 saturated carbocycles. The summed E-state index contributed by atoms with van der Waals surface area (Å²) in [7, 11) is 0. The highest BCUT2D eigenvalue weighted by atomic mass is 16.5. The van der Waals surface area contributed by atoms with Crippen LogP contribution in [0.4, 0.5) is 10.5 Å². The van der Waals surface area contributed by atoms with E-state index in [9.17, 15) is 4.79 Å². The van der Waals surface area contributed by atoms with Crippen LogP contribution in [-0.4, -0.2) is 39.1 Å². The van der Waals surface area contributed by atoms with Crippen molar-refractivity contribution < 1.29 is 9.32 Å². The molecule has 1 N–H and O–H groups in total. The largest absolute Gasteiger partial charge is 0.340 e. The van der Waals surface area contributed by atoms with Crippen LogP contribution >= 0.6 is 0 Å². The minimum atomic E-state index is -0.0823. The predicted octanol–water partition coefficient (Wildman–Crippen LogP) is 3.85. The molecule has 0 spiro atoms. The number of pyridine rings is 1. The minimum absolute atomic E-state index is 0.0823. The second kappa shape index (κ2) is 7.57. The molecule has 7 nitrogen and oxygen atoms in total. The third kappa shape index (κ3) is 3.97. The fourth-order valence-electron chi connectivity index (χ4n) is 3.33. The topological polar surface area (TPSA) is 84.2 Å². The Kier molecular flexibility index (Phi) is 4.82. The Morgan fingerprint density at radius 1 is 1.19 bits per heavy atom. The summed E-state index contributed by atoms with van der Waals surface area (Å²) in [5.41, 5.74) is 2.81. The van der Waals surface area contributed by atoms with Crippen LogP contribution in [0.5, 0.6) is 0 Å². The highest BCUT2D eigenvalue weighted by Crippen LogP contribution is 2.27. The molecule has 2 aromatic heterocycles. The number of nitrogens with one attached hydrogen (secondary N) is 1. The first kappa shape index (κ1) is 17.2. The number of piperidine rings is 1. The van der Waals surface area contributed by atoms with Crippen molar-refractivity contribution in [1.82, 2.24) is 20.0 Å². The summed E-state index contributed by atoms with van der Waals surface area (Å²) in [5.74, 6) is 1.58. The van der Waals surface area contributed by atoms with Gasteiger partial charge in [0.2, 0.25) is 5.89 Å². The Morgan fingerprint density at radius 2 is 2.00 bits per heavy atom. The van der Waals surface area contributed by atoms with Gasteiger partial charge < -0.3 is 14.7 Å². The van der Waals surface area contributed by atoms with E-state index in [-0.39, 0.29) is 11.9 Å². The van der Waals surface area contributed by atoms with Crippen LogP contribution in [0, 0.1) is 6.92 Å². The molecule has 0 bridgehead atoms. The molecule has 4 rings (SSSR count). The number of hydrogen-bond donors (Lipinski definition) is 1. The molecule has 0 radical (unpaired) electrons. The van der Waals surface area contributed by atoms with Gasteiger partial charge in [0.1, 0.15) is 0 Å². The first-order valence-electron chi connectivity index (χ1n) is 9.05. The van der Waals surface area contributed by atoms with Gasteiger partial charge in [0, 0.05) is 49.6 Å². The molecule has 2 amide bonds. The molecule has 1 aliphatic heterocycles. The maximum absolute atomic E-state index is 12.6. The van der Waals surface area contributed by atoms with Crippen molar-refractivity contribution in [2.45, 2.75) is 25.7 Å². The van der Waals surface area contributed by atoms with Crippen molar-refractivity contribution in [1.29, 1.82) is 0 Å². The number of benzene rings is 1. The fraction of sp³-hybridized carbons (Fsp3) is 0.300. The van der Waals surface area contributed by atoms with Gasteiger partial charge in [-0.3, -0.25) is 4.98 Å². The molecule has 7 heteroatoms. The van der Waals surface area contributed by atoms with E-state index >= 15 is 0 Å². The number of likely N-dealkylation sites (tertiary alicyclic amines) is 1. The smallest absolute Gasteiger partial charge is 0.321 e. The number of nitrogens with zero attached hydrogens (tertiary/aromatic N) is 4. The number of urea groups is 1. The second-order valence-electron chi connectivity index (χ2n) is 6.69. The number of rotatable bonds is 3. The number of carbonyl (C=O) groups is 1. The van der Waals surface area contributed by atoms with E-state index in [4.69, 9.17) is 4.52 Å². The third-order valence-corrected chi connectivity index (χ3v) is 4.80. The third-order valence-electron chi connectivity index (χ3n) is 4.80. The quantitative estimate of drug-likeness (QED) is 0.764. The van der Waals surface area contributed by atoms with Crippen LogP contribution < -0.4 is 5.32 Å². The number of amides is 2. The summed E-state index contributed by atoms with van der Waals surface area (Å²) >= 11 is 0. The number of hydrogen-bond acceptors (Lipinski definition) is 5. The summed E-state index contributed by atoms with van der Waals surface area (Å²) < 4.78 is 5.06. The second-order valence-corrected chi connectivity index (χ2v) is 6.69. The first-order chi connectivity index (χ1) is 13.2. The molecule has 3 heterocycles. The van der Waals surface area contributed by atoms with E-state index in [0.29, 0.717) is 19.0 Å². The first-order valence-corrected chi connectivity index (χ1v) is 9.05. The van der Waals surface area contributed by atoms with E-state index < -0.39 is 0 Å². The Morgan fingerprint density at radius 3 is 2.70 bits per heavy atom. The van der Waals surface area contributed by atoms with E-state index in [1.54, 1.807) is 13.1 Å². The summed E-state index contributed by atoms with van der Waals surface area (Å²) in [6, 6.07) is 11.6. The summed E-state index contributed by atoms with van der Waals surface area (Å²) in [4.78, 5) is 22.9. The molecule has 27 heavy (non-hydrogen) atoms. The average molecular weight is 363 g/mol. The Bertz CT molecular complexity index is 917. The van der Waals surface area contributed by atoms with Gasteiger partial charge in [-0.1, -0.05) is 23.4 Å². The average Bonchev–Trinajstić information content (AvgIpc) is 3.15. The number of carbonyl (C=O) groups excluding carboxylic acids is 1. The predicted molar refractivity (Wildman–Crippen MR) is 101 cm³/mol. The van der Waals surface area contributed by atoms with E-state index in [2.05, 4.69) is 20.4 Å². The van der Waals surface area contributed by atoms with Crippen molar-refractivity contribution >= 4 is 11.7 Å². The van der Waals surface area contributed by atoms with Crippen LogP contribution in [0.1, 0.15) is 30.5 Å². The maximum Gasteiger partial charge on any atom is 0.321 e.